The topological polar surface area (TPSA) is 86.3 Å². The van der Waals surface area contributed by atoms with Crippen molar-refractivity contribution in [2.24, 2.45) is 13.0 Å². The molecule has 1 aliphatic heterocycles. The lowest BCUT2D eigenvalue weighted by molar-refractivity contribution is -0.182. The Bertz CT molecular complexity index is 958. The van der Waals surface area contributed by atoms with E-state index in [1.807, 2.05) is 0 Å². The minimum Gasteiger partial charge on any atom is -0.362 e. The number of nitrogens with zero attached hydrogens (tertiary/aromatic N) is 7. The van der Waals surface area contributed by atoms with Crippen molar-refractivity contribution in [1.82, 2.24) is 34.5 Å². The molecule has 0 radical (unpaired) electrons. The van der Waals surface area contributed by atoms with Crippen LogP contribution in [0.3, 0.4) is 0 Å². The SMILES string of the molecule is Cc1nc(NCc2nnc3n2C[C@@H](C(F)(F)F)CC3)c2cnn(C)c2n1. The number of halogens is 3. The quantitative estimate of drug-likeness (QED) is 0.763. The predicted molar refractivity (Wildman–Crippen MR) is 86.3 cm³/mol. The number of fused-ring (bicyclic) bond motifs is 2. The van der Waals surface area contributed by atoms with E-state index < -0.39 is 12.1 Å². The van der Waals surface area contributed by atoms with Crippen LogP contribution >= 0.6 is 0 Å². The lowest BCUT2D eigenvalue weighted by Crippen LogP contribution is -2.33. The molecule has 1 atom stereocenters. The van der Waals surface area contributed by atoms with Crippen LogP contribution in [0.4, 0.5) is 19.0 Å². The molecule has 0 amide bonds. The zero-order valence-electron chi connectivity index (χ0n) is 14.2. The van der Waals surface area contributed by atoms with Gasteiger partial charge < -0.3 is 9.88 Å². The predicted octanol–water partition coefficient (Wildman–Crippen LogP) is 2.00. The summed E-state index contributed by atoms with van der Waals surface area (Å²) in [7, 11) is 1.78. The summed E-state index contributed by atoms with van der Waals surface area (Å²) in [5, 5.41) is 16.1. The first-order valence-electron chi connectivity index (χ1n) is 8.21. The van der Waals surface area contributed by atoms with Crippen LogP contribution in [0, 0.1) is 12.8 Å². The van der Waals surface area contributed by atoms with E-state index in [4.69, 9.17) is 0 Å². The number of anilines is 1. The van der Waals surface area contributed by atoms with Crippen LogP contribution in [0.5, 0.6) is 0 Å². The molecule has 3 aromatic heterocycles. The molecule has 8 nitrogen and oxygen atoms in total. The molecule has 1 aliphatic rings. The minimum absolute atomic E-state index is 0.0521. The third-order valence-corrected chi connectivity index (χ3v) is 4.60. The Balaban J connectivity index is 1.58. The lowest BCUT2D eigenvalue weighted by atomic mass is 9.99. The number of rotatable bonds is 3. The molecule has 26 heavy (non-hydrogen) atoms. The molecular formula is C15H17F3N8. The zero-order valence-corrected chi connectivity index (χ0v) is 14.2. The highest BCUT2D eigenvalue weighted by molar-refractivity contribution is 5.86. The van der Waals surface area contributed by atoms with Crippen LogP contribution in [-0.4, -0.2) is 40.7 Å². The van der Waals surface area contributed by atoms with E-state index >= 15 is 0 Å². The summed E-state index contributed by atoms with van der Waals surface area (Å²) in [5.74, 6) is 0.830. The second kappa shape index (κ2) is 5.92. The van der Waals surface area contributed by atoms with Gasteiger partial charge >= 0.3 is 6.18 Å². The van der Waals surface area contributed by atoms with Crippen LogP contribution in [0.15, 0.2) is 6.20 Å². The Morgan fingerprint density at radius 1 is 1.27 bits per heavy atom. The zero-order chi connectivity index (χ0) is 18.5. The number of aromatic nitrogens is 7. The van der Waals surface area contributed by atoms with Crippen molar-refractivity contribution < 1.29 is 13.2 Å². The van der Waals surface area contributed by atoms with Crippen LogP contribution in [-0.2, 0) is 26.6 Å². The van der Waals surface area contributed by atoms with E-state index in [1.54, 1.807) is 29.4 Å². The average molecular weight is 366 g/mol. The van der Waals surface area contributed by atoms with Crippen molar-refractivity contribution in [2.75, 3.05) is 5.32 Å². The molecule has 0 aromatic carbocycles. The van der Waals surface area contributed by atoms with E-state index in [1.165, 1.54) is 0 Å². The maximum atomic E-state index is 13.0. The highest BCUT2D eigenvalue weighted by Gasteiger charge is 2.42. The Hall–Kier alpha value is -2.72. The first-order chi connectivity index (χ1) is 12.3. The van der Waals surface area contributed by atoms with Gasteiger partial charge in [-0.15, -0.1) is 10.2 Å². The third kappa shape index (κ3) is 2.86. The number of alkyl halides is 3. The summed E-state index contributed by atoms with van der Waals surface area (Å²) in [5.41, 5.74) is 0.681. The molecule has 0 saturated carbocycles. The van der Waals surface area contributed by atoms with E-state index in [9.17, 15) is 13.2 Å². The number of nitrogens with one attached hydrogen (secondary N) is 1. The summed E-state index contributed by atoms with van der Waals surface area (Å²) >= 11 is 0. The van der Waals surface area contributed by atoms with E-state index in [-0.39, 0.29) is 25.9 Å². The Labute approximate surface area is 146 Å². The van der Waals surface area contributed by atoms with Gasteiger partial charge in [-0.2, -0.15) is 18.3 Å². The number of hydrogen-bond acceptors (Lipinski definition) is 6. The van der Waals surface area contributed by atoms with Gasteiger partial charge in [0.2, 0.25) is 0 Å². The summed E-state index contributed by atoms with van der Waals surface area (Å²) in [4.78, 5) is 8.71. The first-order valence-corrected chi connectivity index (χ1v) is 8.21. The summed E-state index contributed by atoms with van der Waals surface area (Å²) in [6.45, 7) is 1.84. The molecule has 11 heteroatoms. The Morgan fingerprint density at radius 3 is 2.85 bits per heavy atom. The fourth-order valence-corrected chi connectivity index (χ4v) is 3.21. The molecule has 0 unspecified atom stereocenters. The van der Waals surface area contributed by atoms with Crippen LogP contribution < -0.4 is 5.32 Å². The maximum absolute atomic E-state index is 13.0. The molecule has 4 rings (SSSR count). The number of aryl methyl sites for hydroxylation is 3. The van der Waals surface area contributed by atoms with Gasteiger partial charge in [0, 0.05) is 20.0 Å². The molecule has 0 aliphatic carbocycles. The van der Waals surface area contributed by atoms with Crippen LogP contribution in [0.2, 0.25) is 0 Å². The molecule has 3 aromatic rings. The van der Waals surface area contributed by atoms with Crippen molar-refractivity contribution in [3.63, 3.8) is 0 Å². The third-order valence-electron chi connectivity index (χ3n) is 4.60. The monoisotopic (exact) mass is 366 g/mol. The van der Waals surface area contributed by atoms with Gasteiger partial charge in [0.1, 0.15) is 17.5 Å². The highest BCUT2D eigenvalue weighted by atomic mass is 19.4. The standard InChI is InChI=1S/C15H17F3N8/c1-8-21-13(10-5-20-25(2)14(10)22-8)19-6-12-24-23-11-4-3-9(7-26(11)12)15(16,17)18/h5,9H,3-4,6-7H2,1-2H3,(H,19,21,22)/t9-/m0/s1. The molecule has 4 heterocycles. The van der Waals surface area contributed by atoms with Crippen molar-refractivity contribution >= 4 is 16.9 Å². The summed E-state index contributed by atoms with van der Waals surface area (Å²) in [6, 6.07) is 0. The second-order valence-electron chi connectivity index (χ2n) is 6.40. The molecule has 138 valence electrons. The number of hydrogen-bond donors (Lipinski definition) is 1. The van der Waals surface area contributed by atoms with Crippen molar-refractivity contribution in [3.8, 4) is 0 Å². The maximum Gasteiger partial charge on any atom is 0.393 e. The van der Waals surface area contributed by atoms with Gasteiger partial charge in [-0.25, -0.2) is 9.97 Å². The molecular weight excluding hydrogens is 349 g/mol. The molecule has 0 bridgehead atoms. The van der Waals surface area contributed by atoms with Crippen molar-refractivity contribution in [1.29, 1.82) is 0 Å². The van der Waals surface area contributed by atoms with Crippen molar-refractivity contribution in [2.45, 2.75) is 39.0 Å². The normalized spacial score (nSPS) is 17.5. The smallest absolute Gasteiger partial charge is 0.362 e. The summed E-state index contributed by atoms with van der Waals surface area (Å²) < 4.78 is 42.3. The van der Waals surface area contributed by atoms with Crippen LogP contribution in [0.1, 0.15) is 23.9 Å². The lowest BCUT2D eigenvalue weighted by Gasteiger charge is -2.26. The van der Waals surface area contributed by atoms with E-state index in [0.29, 0.717) is 28.9 Å². The van der Waals surface area contributed by atoms with Gasteiger partial charge in [0.05, 0.1) is 24.0 Å². The molecule has 0 spiro atoms. The fraction of sp³-hybridized carbons (Fsp3) is 0.533. The van der Waals surface area contributed by atoms with Gasteiger partial charge in [0.25, 0.3) is 0 Å². The molecule has 0 saturated heterocycles. The van der Waals surface area contributed by atoms with E-state index in [2.05, 4.69) is 30.6 Å². The first kappa shape index (κ1) is 16.7. The molecule has 0 fully saturated rings. The van der Waals surface area contributed by atoms with E-state index in [0.717, 1.165) is 5.39 Å². The van der Waals surface area contributed by atoms with Gasteiger partial charge in [0.15, 0.2) is 11.5 Å². The van der Waals surface area contributed by atoms with Gasteiger partial charge in [-0.1, -0.05) is 0 Å². The minimum atomic E-state index is -4.21. The Kier molecular flexibility index (Phi) is 3.81. The molecule has 1 N–H and O–H groups in total. The largest absolute Gasteiger partial charge is 0.393 e. The summed E-state index contributed by atoms with van der Waals surface area (Å²) in [6.07, 6.45) is -2.23. The Morgan fingerprint density at radius 2 is 2.08 bits per heavy atom. The van der Waals surface area contributed by atoms with Crippen LogP contribution in [0.25, 0.3) is 11.0 Å². The highest BCUT2D eigenvalue weighted by Crippen LogP contribution is 2.34. The fourth-order valence-electron chi connectivity index (χ4n) is 3.21. The van der Waals surface area contributed by atoms with Crippen molar-refractivity contribution in [3.05, 3.63) is 23.7 Å². The van der Waals surface area contributed by atoms with Gasteiger partial charge in [-0.05, 0) is 13.3 Å². The van der Waals surface area contributed by atoms with Gasteiger partial charge in [-0.3, -0.25) is 4.68 Å². The average Bonchev–Trinajstić information content (AvgIpc) is 3.15. The second-order valence-corrected chi connectivity index (χ2v) is 6.40.